The van der Waals surface area contributed by atoms with Crippen LogP contribution in [-0.4, -0.2) is 65.7 Å². The first-order chi connectivity index (χ1) is 8.79. The first-order valence-electron chi connectivity index (χ1n) is 5.82. The van der Waals surface area contributed by atoms with Crippen LogP contribution in [0.25, 0.3) is 0 Å². The van der Waals surface area contributed by atoms with E-state index in [9.17, 15) is 13.2 Å². The van der Waals surface area contributed by atoms with Gasteiger partial charge >= 0.3 is 0 Å². The SMILES string of the molecule is Cn1cc(N)c(C(=O)N2CCN(S(C)(=O)=O)CC2)n1. The average Bonchev–Trinajstić information content (AvgIpc) is 2.66. The molecule has 9 heteroatoms. The van der Waals surface area contributed by atoms with Crippen molar-refractivity contribution in [1.29, 1.82) is 0 Å². The van der Waals surface area contributed by atoms with Gasteiger partial charge in [-0.2, -0.15) is 9.40 Å². The number of rotatable bonds is 2. The van der Waals surface area contributed by atoms with Gasteiger partial charge in [0, 0.05) is 39.4 Å². The third-order valence-electron chi connectivity index (χ3n) is 3.05. The lowest BCUT2D eigenvalue weighted by atomic mass is 10.3. The van der Waals surface area contributed by atoms with Crippen LogP contribution in [0.15, 0.2) is 6.20 Å². The van der Waals surface area contributed by atoms with Crippen LogP contribution < -0.4 is 5.73 Å². The van der Waals surface area contributed by atoms with Crippen LogP contribution in [0.1, 0.15) is 10.5 Å². The normalized spacial score (nSPS) is 17.7. The Morgan fingerprint density at radius 2 is 1.89 bits per heavy atom. The van der Waals surface area contributed by atoms with Crippen LogP contribution in [0.5, 0.6) is 0 Å². The van der Waals surface area contributed by atoms with E-state index in [-0.39, 0.29) is 11.6 Å². The van der Waals surface area contributed by atoms with Gasteiger partial charge < -0.3 is 10.6 Å². The van der Waals surface area contributed by atoms with Crippen molar-refractivity contribution < 1.29 is 13.2 Å². The summed E-state index contributed by atoms with van der Waals surface area (Å²) in [6, 6.07) is 0. The fraction of sp³-hybridized carbons (Fsp3) is 0.600. The molecule has 0 saturated carbocycles. The number of anilines is 1. The van der Waals surface area contributed by atoms with Gasteiger partial charge in [-0.1, -0.05) is 0 Å². The summed E-state index contributed by atoms with van der Waals surface area (Å²) in [4.78, 5) is 13.8. The van der Waals surface area contributed by atoms with Gasteiger partial charge in [0.25, 0.3) is 5.91 Å². The largest absolute Gasteiger partial charge is 0.396 e. The molecular formula is C10H17N5O3S. The van der Waals surface area contributed by atoms with E-state index in [0.717, 1.165) is 0 Å². The highest BCUT2D eigenvalue weighted by molar-refractivity contribution is 7.88. The van der Waals surface area contributed by atoms with Crippen LogP contribution in [0, 0.1) is 0 Å². The summed E-state index contributed by atoms with van der Waals surface area (Å²) in [5, 5.41) is 4.02. The average molecular weight is 287 g/mol. The second-order valence-electron chi connectivity index (χ2n) is 4.56. The van der Waals surface area contributed by atoms with Crippen molar-refractivity contribution in [3.8, 4) is 0 Å². The van der Waals surface area contributed by atoms with E-state index in [1.807, 2.05) is 0 Å². The van der Waals surface area contributed by atoms with Crippen LogP contribution in [0.3, 0.4) is 0 Å². The molecule has 1 aliphatic heterocycles. The Labute approximate surface area is 111 Å². The smallest absolute Gasteiger partial charge is 0.276 e. The Bertz CT molecular complexity index is 586. The van der Waals surface area contributed by atoms with E-state index in [1.165, 1.54) is 15.2 Å². The van der Waals surface area contributed by atoms with Gasteiger partial charge in [0.15, 0.2) is 5.69 Å². The predicted molar refractivity (Wildman–Crippen MR) is 69.9 cm³/mol. The number of amides is 1. The molecule has 0 bridgehead atoms. The number of nitrogens with zero attached hydrogens (tertiary/aromatic N) is 4. The molecule has 2 rings (SSSR count). The molecule has 1 amide bonds. The van der Waals surface area contributed by atoms with E-state index < -0.39 is 10.0 Å². The fourth-order valence-electron chi connectivity index (χ4n) is 2.05. The van der Waals surface area contributed by atoms with Crippen molar-refractivity contribution >= 4 is 21.6 Å². The van der Waals surface area contributed by atoms with Crippen LogP contribution >= 0.6 is 0 Å². The highest BCUT2D eigenvalue weighted by Gasteiger charge is 2.28. The lowest BCUT2D eigenvalue weighted by molar-refractivity contribution is 0.0692. The topological polar surface area (TPSA) is 102 Å². The molecule has 0 aliphatic carbocycles. The number of aromatic nitrogens is 2. The van der Waals surface area contributed by atoms with E-state index in [2.05, 4.69) is 5.10 Å². The summed E-state index contributed by atoms with van der Waals surface area (Å²) in [7, 11) is -1.50. The number of piperazine rings is 1. The number of nitrogens with two attached hydrogens (primary N) is 1. The molecule has 0 aromatic carbocycles. The monoisotopic (exact) mass is 287 g/mol. The molecular weight excluding hydrogens is 270 g/mol. The van der Waals surface area contributed by atoms with Crippen molar-refractivity contribution in [1.82, 2.24) is 19.0 Å². The van der Waals surface area contributed by atoms with Crippen LogP contribution in [0.2, 0.25) is 0 Å². The molecule has 1 aromatic rings. The molecule has 8 nitrogen and oxygen atoms in total. The second kappa shape index (κ2) is 4.82. The molecule has 0 spiro atoms. The second-order valence-corrected chi connectivity index (χ2v) is 6.54. The number of hydrogen-bond acceptors (Lipinski definition) is 5. The number of carbonyl (C=O) groups excluding carboxylic acids is 1. The molecule has 1 aliphatic rings. The molecule has 2 N–H and O–H groups in total. The molecule has 19 heavy (non-hydrogen) atoms. The molecule has 1 fully saturated rings. The van der Waals surface area contributed by atoms with Gasteiger partial charge in [0.2, 0.25) is 10.0 Å². The molecule has 0 radical (unpaired) electrons. The van der Waals surface area contributed by atoms with Crippen molar-refractivity contribution in [2.75, 3.05) is 38.2 Å². The maximum Gasteiger partial charge on any atom is 0.276 e. The minimum absolute atomic E-state index is 0.218. The van der Waals surface area contributed by atoms with Gasteiger partial charge in [0.05, 0.1) is 11.9 Å². The molecule has 2 heterocycles. The molecule has 1 saturated heterocycles. The van der Waals surface area contributed by atoms with Gasteiger partial charge in [-0.25, -0.2) is 8.42 Å². The Kier molecular flexibility index (Phi) is 3.50. The number of carbonyl (C=O) groups is 1. The summed E-state index contributed by atoms with van der Waals surface area (Å²) in [5.74, 6) is -0.258. The molecule has 1 aromatic heterocycles. The summed E-state index contributed by atoms with van der Waals surface area (Å²) < 4.78 is 25.6. The quantitative estimate of drug-likeness (QED) is 0.730. The summed E-state index contributed by atoms with van der Waals surface area (Å²) in [6.07, 6.45) is 2.74. The highest BCUT2D eigenvalue weighted by atomic mass is 32.2. The first kappa shape index (κ1) is 13.8. The molecule has 0 unspecified atom stereocenters. The fourth-order valence-corrected chi connectivity index (χ4v) is 2.87. The van der Waals surface area contributed by atoms with Crippen molar-refractivity contribution in [3.05, 3.63) is 11.9 Å². The minimum atomic E-state index is -3.19. The lowest BCUT2D eigenvalue weighted by Gasteiger charge is -2.32. The first-order valence-corrected chi connectivity index (χ1v) is 7.67. The van der Waals surface area contributed by atoms with Crippen molar-refractivity contribution in [3.63, 3.8) is 0 Å². The zero-order chi connectivity index (χ0) is 14.2. The lowest BCUT2D eigenvalue weighted by Crippen LogP contribution is -2.50. The van der Waals surface area contributed by atoms with E-state index in [1.54, 1.807) is 18.1 Å². The zero-order valence-corrected chi connectivity index (χ0v) is 11.7. The van der Waals surface area contributed by atoms with Gasteiger partial charge in [-0.05, 0) is 0 Å². The predicted octanol–water partition coefficient (Wildman–Crippen LogP) is -1.28. The van der Waals surface area contributed by atoms with E-state index in [0.29, 0.717) is 31.9 Å². The third kappa shape index (κ3) is 2.87. The van der Waals surface area contributed by atoms with Crippen molar-refractivity contribution in [2.24, 2.45) is 7.05 Å². The maximum absolute atomic E-state index is 12.2. The Hall–Kier alpha value is -1.61. The minimum Gasteiger partial charge on any atom is -0.396 e. The Balaban J connectivity index is 2.06. The highest BCUT2D eigenvalue weighted by Crippen LogP contribution is 2.14. The summed E-state index contributed by atoms with van der Waals surface area (Å²) in [6.45, 7) is 1.30. The Morgan fingerprint density at radius 3 is 2.32 bits per heavy atom. The van der Waals surface area contributed by atoms with Crippen molar-refractivity contribution in [2.45, 2.75) is 0 Å². The van der Waals surface area contributed by atoms with Gasteiger partial charge in [0.1, 0.15) is 0 Å². The third-order valence-corrected chi connectivity index (χ3v) is 4.36. The molecule has 0 atom stereocenters. The maximum atomic E-state index is 12.2. The van der Waals surface area contributed by atoms with E-state index >= 15 is 0 Å². The Morgan fingerprint density at radius 1 is 1.32 bits per heavy atom. The molecule has 106 valence electrons. The van der Waals surface area contributed by atoms with Gasteiger partial charge in [-0.3, -0.25) is 9.48 Å². The van der Waals surface area contributed by atoms with Crippen LogP contribution in [0.4, 0.5) is 5.69 Å². The number of aryl methyl sites for hydroxylation is 1. The standard InChI is InChI=1S/C10H17N5O3S/c1-13-7-8(11)9(12-13)10(16)14-3-5-15(6-4-14)19(2,17)18/h7H,3-6,11H2,1-2H3. The zero-order valence-electron chi connectivity index (χ0n) is 10.9. The number of hydrogen-bond donors (Lipinski definition) is 1. The van der Waals surface area contributed by atoms with E-state index in [4.69, 9.17) is 5.73 Å². The van der Waals surface area contributed by atoms with Gasteiger partial charge in [-0.15, -0.1) is 0 Å². The number of sulfonamides is 1. The summed E-state index contributed by atoms with van der Waals surface area (Å²) >= 11 is 0. The summed E-state index contributed by atoms with van der Waals surface area (Å²) in [5.41, 5.74) is 6.26. The van der Waals surface area contributed by atoms with Crippen LogP contribution in [-0.2, 0) is 17.1 Å². The number of nitrogen functional groups attached to an aromatic ring is 1.